The van der Waals surface area contributed by atoms with Crippen LogP contribution in [0, 0.1) is 29.1 Å². The molecule has 0 bridgehead atoms. The van der Waals surface area contributed by atoms with Crippen LogP contribution < -0.4 is 0 Å². The SMILES string of the molecule is C=C(CC)C[C@H]1[C@]2(C)CC(C)=C(C(=C)C)C(=C)[C@]2(C)C(C)=C2C(=C)c3c(C)cccc3/C(=C\c3ccccc3)[C@@]21C. The van der Waals surface area contributed by atoms with E-state index in [2.05, 4.69) is 123 Å². The summed E-state index contributed by atoms with van der Waals surface area (Å²) >= 11 is 0. The molecule has 2 aromatic rings. The molecular weight excluding hydrogens is 492 g/mol. The summed E-state index contributed by atoms with van der Waals surface area (Å²) < 4.78 is 0. The molecule has 0 spiro atoms. The van der Waals surface area contributed by atoms with E-state index < -0.39 is 0 Å². The minimum Gasteiger partial charge on any atom is -0.0999 e. The van der Waals surface area contributed by atoms with Crippen molar-refractivity contribution < 1.29 is 0 Å². The Morgan fingerprint density at radius 1 is 0.951 bits per heavy atom. The van der Waals surface area contributed by atoms with Gasteiger partial charge >= 0.3 is 0 Å². The smallest absolute Gasteiger partial charge is 0.0223 e. The number of hydrogen-bond donors (Lipinski definition) is 0. The Labute approximate surface area is 249 Å². The molecule has 0 aliphatic heterocycles. The van der Waals surface area contributed by atoms with E-state index in [-0.39, 0.29) is 16.2 Å². The first-order valence-electron chi connectivity index (χ1n) is 15.3. The second-order valence-corrected chi connectivity index (χ2v) is 13.6. The lowest BCUT2D eigenvalue weighted by Crippen LogP contribution is -2.58. The van der Waals surface area contributed by atoms with Crippen LogP contribution in [-0.4, -0.2) is 0 Å². The first-order chi connectivity index (χ1) is 19.2. The number of rotatable bonds is 5. The van der Waals surface area contributed by atoms with Crippen LogP contribution in [0.4, 0.5) is 0 Å². The van der Waals surface area contributed by atoms with Gasteiger partial charge in [-0.1, -0.05) is 131 Å². The predicted octanol–water partition coefficient (Wildman–Crippen LogP) is 11.7. The summed E-state index contributed by atoms with van der Waals surface area (Å²) in [4.78, 5) is 0. The molecule has 0 aromatic heterocycles. The molecule has 2 aromatic carbocycles. The van der Waals surface area contributed by atoms with Gasteiger partial charge in [-0.2, -0.15) is 0 Å². The maximum atomic E-state index is 4.89. The fraction of sp³-hybridized carbons (Fsp3) is 0.366. The summed E-state index contributed by atoms with van der Waals surface area (Å²) in [5, 5.41) is 0. The maximum absolute atomic E-state index is 4.89. The van der Waals surface area contributed by atoms with Crippen molar-refractivity contribution in [2.24, 2.45) is 22.2 Å². The molecule has 0 saturated heterocycles. The van der Waals surface area contributed by atoms with Gasteiger partial charge in [0, 0.05) is 10.8 Å². The zero-order valence-corrected chi connectivity index (χ0v) is 26.7. The highest BCUT2D eigenvalue weighted by molar-refractivity contribution is 6.02. The van der Waals surface area contributed by atoms with E-state index in [1.165, 1.54) is 66.8 Å². The van der Waals surface area contributed by atoms with Gasteiger partial charge in [0.05, 0.1) is 0 Å². The molecule has 0 N–H and O–H groups in total. The molecule has 0 amide bonds. The molecule has 3 aliphatic carbocycles. The number of allylic oxidation sites excluding steroid dienone is 9. The van der Waals surface area contributed by atoms with Gasteiger partial charge in [-0.25, -0.2) is 0 Å². The summed E-state index contributed by atoms with van der Waals surface area (Å²) in [5.41, 5.74) is 16.3. The Hall–Kier alpha value is -3.38. The molecule has 0 heteroatoms. The molecule has 3 aliphatic rings. The van der Waals surface area contributed by atoms with Crippen molar-refractivity contribution in [3.8, 4) is 0 Å². The average molecular weight is 541 g/mol. The van der Waals surface area contributed by atoms with Crippen LogP contribution in [0.2, 0.25) is 0 Å². The van der Waals surface area contributed by atoms with Crippen LogP contribution >= 0.6 is 0 Å². The van der Waals surface area contributed by atoms with Crippen molar-refractivity contribution >= 4 is 17.2 Å². The summed E-state index contributed by atoms with van der Waals surface area (Å²) in [6.07, 6.45) is 5.43. The van der Waals surface area contributed by atoms with Crippen LogP contribution in [0.3, 0.4) is 0 Å². The Kier molecular flexibility index (Phi) is 7.01. The van der Waals surface area contributed by atoms with Gasteiger partial charge in [0.25, 0.3) is 0 Å². The molecule has 5 rings (SSSR count). The Bertz CT molecular complexity index is 1600. The molecule has 0 fully saturated rings. The van der Waals surface area contributed by atoms with E-state index in [4.69, 9.17) is 13.2 Å². The average Bonchev–Trinajstić information content (AvgIpc) is 2.92. The highest BCUT2D eigenvalue weighted by Gasteiger charge is 2.65. The second-order valence-electron chi connectivity index (χ2n) is 13.6. The van der Waals surface area contributed by atoms with Crippen molar-refractivity contribution in [1.29, 1.82) is 0 Å². The fourth-order valence-corrected chi connectivity index (χ4v) is 9.23. The van der Waals surface area contributed by atoms with E-state index in [9.17, 15) is 0 Å². The van der Waals surface area contributed by atoms with Crippen molar-refractivity contribution in [2.45, 2.75) is 74.7 Å². The molecule has 4 atom stereocenters. The molecule has 0 nitrogen and oxygen atoms in total. The summed E-state index contributed by atoms with van der Waals surface area (Å²) in [6, 6.07) is 17.6. The van der Waals surface area contributed by atoms with E-state index in [0.717, 1.165) is 24.8 Å². The molecule has 0 unspecified atom stereocenters. The fourth-order valence-electron chi connectivity index (χ4n) is 9.23. The van der Waals surface area contributed by atoms with E-state index >= 15 is 0 Å². The van der Waals surface area contributed by atoms with Gasteiger partial charge < -0.3 is 0 Å². The minimum absolute atomic E-state index is 0.0784. The summed E-state index contributed by atoms with van der Waals surface area (Å²) in [7, 11) is 0. The third-order valence-electron chi connectivity index (χ3n) is 11.5. The van der Waals surface area contributed by atoms with E-state index in [1.54, 1.807) is 0 Å². The number of benzene rings is 2. The van der Waals surface area contributed by atoms with Gasteiger partial charge in [0.15, 0.2) is 0 Å². The summed E-state index contributed by atoms with van der Waals surface area (Å²) in [6.45, 7) is 37.6. The Balaban J connectivity index is 1.97. The Morgan fingerprint density at radius 3 is 2.22 bits per heavy atom. The number of hydrogen-bond acceptors (Lipinski definition) is 0. The Morgan fingerprint density at radius 2 is 1.61 bits per heavy atom. The van der Waals surface area contributed by atoms with Gasteiger partial charge in [-0.15, -0.1) is 0 Å². The topological polar surface area (TPSA) is 0 Å². The van der Waals surface area contributed by atoms with Crippen molar-refractivity contribution in [2.75, 3.05) is 0 Å². The van der Waals surface area contributed by atoms with Gasteiger partial charge in [0.1, 0.15) is 0 Å². The van der Waals surface area contributed by atoms with Gasteiger partial charge in [-0.05, 0) is 108 Å². The molecule has 41 heavy (non-hydrogen) atoms. The van der Waals surface area contributed by atoms with Crippen molar-refractivity contribution in [1.82, 2.24) is 0 Å². The lowest BCUT2D eigenvalue weighted by Gasteiger charge is -2.67. The lowest BCUT2D eigenvalue weighted by atomic mass is 9.36. The highest BCUT2D eigenvalue weighted by atomic mass is 14.7. The largest absolute Gasteiger partial charge is 0.0999 e. The van der Waals surface area contributed by atoms with Crippen LogP contribution in [0.1, 0.15) is 90.0 Å². The molecule has 0 heterocycles. The molecular formula is C41H48. The second kappa shape index (κ2) is 9.87. The van der Waals surface area contributed by atoms with Crippen molar-refractivity contribution in [3.63, 3.8) is 0 Å². The molecule has 212 valence electrons. The van der Waals surface area contributed by atoms with Gasteiger partial charge in [0.2, 0.25) is 0 Å². The van der Waals surface area contributed by atoms with Crippen LogP contribution in [-0.2, 0) is 0 Å². The standard InChI is InChI=1S/C41H48/c1-13-26(4)22-35-39(10)24-28(6)36(25(2)3)30(8)41(39,12)31(9)38-29(7)37-27(5)18-17-21-33(37)34(40(35,38)11)23-32-19-15-14-16-20-32/h14-21,23,35H,2,4,7-8,13,22,24H2,1,3,5-6,9-12H3/b34-23+/t35-,39-,40+,41+/m0/s1. The predicted molar refractivity (Wildman–Crippen MR) is 180 cm³/mol. The number of aryl methyl sites for hydroxylation is 1. The monoisotopic (exact) mass is 540 g/mol. The molecule has 0 saturated carbocycles. The summed E-state index contributed by atoms with van der Waals surface area (Å²) in [5.74, 6) is 0.296. The van der Waals surface area contributed by atoms with Crippen LogP contribution in [0.5, 0.6) is 0 Å². The minimum atomic E-state index is -0.258. The first-order valence-corrected chi connectivity index (χ1v) is 15.3. The molecule has 0 radical (unpaired) electrons. The zero-order valence-electron chi connectivity index (χ0n) is 26.7. The highest BCUT2D eigenvalue weighted by Crippen LogP contribution is 2.75. The normalized spacial score (nSPS) is 30.2. The first kappa shape index (κ1) is 29.1. The van der Waals surface area contributed by atoms with Gasteiger partial charge in [-0.3, -0.25) is 0 Å². The third kappa shape index (κ3) is 3.86. The van der Waals surface area contributed by atoms with Crippen LogP contribution in [0.25, 0.3) is 17.2 Å². The van der Waals surface area contributed by atoms with Crippen molar-refractivity contribution in [3.05, 3.63) is 136 Å². The third-order valence-corrected chi connectivity index (χ3v) is 11.5. The van der Waals surface area contributed by atoms with Crippen LogP contribution in [0.15, 0.2) is 114 Å². The maximum Gasteiger partial charge on any atom is 0.0223 e. The van der Waals surface area contributed by atoms with E-state index in [1.807, 2.05) is 0 Å². The zero-order chi connectivity index (χ0) is 30.1. The van der Waals surface area contributed by atoms with E-state index in [0.29, 0.717) is 5.92 Å². The quantitative estimate of drug-likeness (QED) is 0.331. The lowest BCUT2D eigenvalue weighted by molar-refractivity contribution is -0.00488. The number of fused-ring (bicyclic) bond motifs is 3.